The van der Waals surface area contributed by atoms with Crippen LogP contribution in [-0.2, 0) is 0 Å². The highest BCUT2D eigenvalue weighted by molar-refractivity contribution is 5.95. The molecule has 0 heterocycles. The third-order valence-electron chi connectivity index (χ3n) is 2.80. The first-order chi connectivity index (χ1) is 10.9. The van der Waals surface area contributed by atoms with Crippen LogP contribution in [0, 0.1) is 17.5 Å². The van der Waals surface area contributed by atoms with Crippen LogP contribution in [0.2, 0.25) is 0 Å². The van der Waals surface area contributed by atoms with E-state index < -0.39 is 40.5 Å². The number of carbonyl (C=O) groups is 2. The van der Waals surface area contributed by atoms with Gasteiger partial charge in [-0.1, -0.05) is 12.1 Å². The number of carboxylic acid groups (broad SMARTS) is 1. The Morgan fingerprint density at radius 3 is 2.22 bits per heavy atom. The second kappa shape index (κ2) is 6.73. The average molecular weight is 322 g/mol. The molecular weight excluding hydrogens is 313 g/mol. The molecule has 0 aliphatic carbocycles. The van der Waals surface area contributed by atoms with Crippen LogP contribution >= 0.6 is 0 Å². The van der Waals surface area contributed by atoms with E-state index in [4.69, 9.17) is 5.11 Å². The second-order valence-corrected chi connectivity index (χ2v) is 4.34. The third kappa shape index (κ3) is 3.73. The monoisotopic (exact) mass is 322 g/mol. The number of halogens is 3. The fraction of sp³-hybridized carbons (Fsp3) is 0. The summed E-state index contributed by atoms with van der Waals surface area (Å²) in [5, 5.41) is 12.0. The molecule has 2 aromatic carbocycles. The highest BCUT2D eigenvalue weighted by atomic mass is 19.1. The maximum absolute atomic E-state index is 13.6. The van der Waals surface area contributed by atoms with Crippen molar-refractivity contribution in [2.24, 2.45) is 5.10 Å². The number of carbonyl (C=O) groups excluding carboxylic acids is 1. The minimum Gasteiger partial charge on any atom is -0.478 e. The molecule has 0 fully saturated rings. The molecule has 2 N–H and O–H groups in total. The van der Waals surface area contributed by atoms with Gasteiger partial charge in [0.05, 0.1) is 22.9 Å². The molecule has 0 atom stereocenters. The minimum atomic E-state index is -1.49. The Hall–Kier alpha value is -3.16. The van der Waals surface area contributed by atoms with Gasteiger partial charge in [-0.25, -0.2) is 23.4 Å². The molecule has 0 bridgehead atoms. The topological polar surface area (TPSA) is 78.8 Å². The lowest BCUT2D eigenvalue weighted by atomic mass is 10.1. The summed E-state index contributed by atoms with van der Waals surface area (Å²) >= 11 is 0. The zero-order valence-corrected chi connectivity index (χ0v) is 11.4. The van der Waals surface area contributed by atoms with Crippen LogP contribution in [0.3, 0.4) is 0 Å². The predicted molar refractivity (Wildman–Crippen MR) is 74.8 cm³/mol. The molecule has 0 unspecified atom stereocenters. The van der Waals surface area contributed by atoms with Crippen molar-refractivity contribution in [3.05, 3.63) is 70.5 Å². The Morgan fingerprint density at radius 2 is 1.65 bits per heavy atom. The van der Waals surface area contributed by atoms with E-state index in [1.54, 1.807) is 0 Å². The van der Waals surface area contributed by atoms with Crippen molar-refractivity contribution in [2.75, 3.05) is 0 Å². The number of aromatic carboxylic acids is 1. The Bertz CT molecular complexity index is 783. The molecule has 5 nitrogen and oxygen atoms in total. The summed E-state index contributed by atoms with van der Waals surface area (Å²) in [4.78, 5) is 22.3. The molecule has 0 aliphatic rings. The van der Waals surface area contributed by atoms with Gasteiger partial charge in [0.1, 0.15) is 17.5 Å². The van der Waals surface area contributed by atoms with Gasteiger partial charge in [-0.15, -0.1) is 0 Å². The van der Waals surface area contributed by atoms with Gasteiger partial charge in [0.2, 0.25) is 0 Å². The SMILES string of the molecule is O=C(O)c1cc(F)c(C=NNC(=O)c2ccccc2F)c(F)c1. The van der Waals surface area contributed by atoms with Crippen molar-refractivity contribution < 1.29 is 27.9 Å². The van der Waals surface area contributed by atoms with Crippen molar-refractivity contribution in [3.8, 4) is 0 Å². The van der Waals surface area contributed by atoms with E-state index in [0.29, 0.717) is 18.3 Å². The van der Waals surface area contributed by atoms with Crippen molar-refractivity contribution >= 4 is 18.1 Å². The minimum absolute atomic E-state index is 0.285. The normalized spacial score (nSPS) is 10.7. The maximum Gasteiger partial charge on any atom is 0.335 e. The third-order valence-corrected chi connectivity index (χ3v) is 2.80. The molecule has 0 aromatic heterocycles. The Labute approximate surface area is 128 Å². The van der Waals surface area contributed by atoms with Crippen LogP contribution in [0.25, 0.3) is 0 Å². The number of carboxylic acids is 1. The summed E-state index contributed by atoms with van der Waals surface area (Å²) in [5.41, 5.74) is 0.438. The van der Waals surface area contributed by atoms with E-state index >= 15 is 0 Å². The molecule has 118 valence electrons. The van der Waals surface area contributed by atoms with Crippen LogP contribution < -0.4 is 5.43 Å². The molecule has 8 heteroatoms. The molecule has 0 saturated carbocycles. The van der Waals surface area contributed by atoms with Gasteiger partial charge >= 0.3 is 5.97 Å². The molecule has 0 aliphatic heterocycles. The van der Waals surface area contributed by atoms with Crippen LogP contribution in [-0.4, -0.2) is 23.2 Å². The Kier molecular flexibility index (Phi) is 4.75. The maximum atomic E-state index is 13.6. The molecule has 2 aromatic rings. The molecule has 0 saturated heterocycles. The van der Waals surface area contributed by atoms with E-state index in [0.717, 1.165) is 6.07 Å². The second-order valence-electron chi connectivity index (χ2n) is 4.34. The van der Waals surface area contributed by atoms with Gasteiger partial charge in [0.15, 0.2) is 0 Å². The number of amides is 1. The summed E-state index contributed by atoms with van der Waals surface area (Å²) in [6.45, 7) is 0. The van der Waals surface area contributed by atoms with Crippen LogP contribution in [0.1, 0.15) is 26.3 Å². The Morgan fingerprint density at radius 1 is 1.04 bits per heavy atom. The first-order valence-corrected chi connectivity index (χ1v) is 6.20. The number of hydrazone groups is 1. The number of rotatable bonds is 4. The smallest absolute Gasteiger partial charge is 0.335 e. The molecule has 23 heavy (non-hydrogen) atoms. The number of nitrogens with one attached hydrogen (secondary N) is 1. The van der Waals surface area contributed by atoms with Crippen molar-refractivity contribution in [1.82, 2.24) is 5.43 Å². The van der Waals surface area contributed by atoms with Crippen molar-refractivity contribution in [3.63, 3.8) is 0 Å². The summed E-state index contributed by atoms with van der Waals surface area (Å²) in [6.07, 6.45) is 0.662. The molecule has 0 radical (unpaired) electrons. The van der Waals surface area contributed by atoms with Gasteiger partial charge in [-0.05, 0) is 24.3 Å². The quantitative estimate of drug-likeness (QED) is 0.671. The lowest BCUT2D eigenvalue weighted by Crippen LogP contribution is -2.19. The zero-order valence-electron chi connectivity index (χ0n) is 11.4. The molecule has 2 rings (SSSR count). The summed E-state index contributed by atoms with van der Waals surface area (Å²) in [6, 6.07) is 6.35. The largest absolute Gasteiger partial charge is 0.478 e. The number of hydrogen-bond donors (Lipinski definition) is 2. The van der Waals surface area contributed by atoms with Crippen LogP contribution in [0.5, 0.6) is 0 Å². The first-order valence-electron chi connectivity index (χ1n) is 6.20. The zero-order chi connectivity index (χ0) is 17.0. The fourth-order valence-corrected chi connectivity index (χ4v) is 1.69. The predicted octanol–water partition coefficient (Wildman–Crippen LogP) is 2.57. The van der Waals surface area contributed by atoms with Gasteiger partial charge in [-0.3, -0.25) is 4.79 Å². The van der Waals surface area contributed by atoms with Gasteiger partial charge in [-0.2, -0.15) is 5.10 Å². The number of benzene rings is 2. The lowest BCUT2D eigenvalue weighted by molar-refractivity contribution is 0.0695. The van der Waals surface area contributed by atoms with Crippen LogP contribution in [0.4, 0.5) is 13.2 Å². The van der Waals surface area contributed by atoms with E-state index in [1.165, 1.54) is 18.2 Å². The molecule has 0 spiro atoms. The van der Waals surface area contributed by atoms with Crippen LogP contribution in [0.15, 0.2) is 41.5 Å². The number of hydrogen-bond acceptors (Lipinski definition) is 3. The number of nitrogens with zero attached hydrogens (tertiary/aromatic N) is 1. The highest BCUT2D eigenvalue weighted by Gasteiger charge is 2.14. The highest BCUT2D eigenvalue weighted by Crippen LogP contribution is 2.14. The van der Waals surface area contributed by atoms with E-state index in [9.17, 15) is 22.8 Å². The first kappa shape index (κ1) is 16.2. The van der Waals surface area contributed by atoms with E-state index in [2.05, 4.69) is 5.10 Å². The summed E-state index contributed by atoms with van der Waals surface area (Å²) in [5.74, 6) is -5.48. The van der Waals surface area contributed by atoms with Crippen molar-refractivity contribution in [1.29, 1.82) is 0 Å². The van der Waals surface area contributed by atoms with Crippen molar-refractivity contribution in [2.45, 2.75) is 0 Å². The standard InChI is InChI=1S/C15H9F3N2O3/c16-11-4-2-1-3-9(11)14(21)20-19-7-10-12(17)5-8(15(22)23)6-13(10)18/h1-7H,(H,20,21)(H,22,23). The average Bonchev–Trinajstić information content (AvgIpc) is 2.49. The van der Waals surface area contributed by atoms with E-state index in [-0.39, 0.29) is 5.56 Å². The van der Waals surface area contributed by atoms with Gasteiger partial charge < -0.3 is 5.11 Å². The van der Waals surface area contributed by atoms with Gasteiger partial charge in [0, 0.05) is 0 Å². The van der Waals surface area contributed by atoms with E-state index in [1.807, 2.05) is 5.43 Å². The summed E-state index contributed by atoms with van der Waals surface area (Å²) < 4.78 is 40.6. The van der Waals surface area contributed by atoms with Gasteiger partial charge in [0.25, 0.3) is 5.91 Å². The Balaban J connectivity index is 2.17. The summed E-state index contributed by atoms with van der Waals surface area (Å²) in [7, 11) is 0. The fourth-order valence-electron chi connectivity index (χ4n) is 1.69. The lowest BCUT2D eigenvalue weighted by Gasteiger charge is -2.03. The molecular formula is C15H9F3N2O3. The molecule has 1 amide bonds.